The number of rotatable bonds is 3. The largest absolute Gasteiger partial charge is 0.305 e. The summed E-state index contributed by atoms with van der Waals surface area (Å²) in [5.41, 5.74) is 0.629. The zero-order chi connectivity index (χ0) is 14.2. The van der Waals surface area contributed by atoms with E-state index >= 15 is 0 Å². The molecule has 20 heavy (non-hydrogen) atoms. The van der Waals surface area contributed by atoms with Gasteiger partial charge in [0.2, 0.25) is 0 Å². The van der Waals surface area contributed by atoms with Gasteiger partial charge in [0.1, 0.15) is 11.5 Å². The lowest BCUT2D eigenvalue weighted by Crippen LogP contribution is -2.13. The Morgan fingerprint density at radius 1 is 1.10 bits per heavy atom. The number of anilines is 1. The number of nitrogens with one attached hydrogen (secondary N) is 1. The first-order valence-corrected chi connectivity index (χ1v) is 7.25. The molecule has 102 valence electrons. The van der Waals surface area contributed by atoms with E-state index in [4.69, 9.17) is 0 Å². The van der Waals surface area contributed by atoms with Crippen LogP contribution in [0, 0.1) is 5.82 Å². The average Bonchev–Trinajstić information content (AvgIpc) is 2.80. The van der Waals surface area contributed by atoms with Gasteiger partial charge in [0.25, 0.3) is 10.0 Å². The van der Waals surface area contributed by atoms with Crippen molar-refractivity contribution >= 4 is 21.5 Å². The van der Waals surface area contributed by atoms with Gasteiger partial charge in [-0.05, 0) is 36.4 Å². The molecule has 1 aromatic carbocycles. The van der Waals surface area contributed by atoms with E-state index in [2.05, 4.69) is 9.71 Å². The van der Waals surface area contributed by atoms with E-state index in [1.54, 1.807) is 28.9 Å². The van der Waals surface area contributed by atoms with Crippen LogP contribution in [-0.4, -0.2) is 17.8 Å². The van der Waals surface area contributed by atoms with Crippen molar-refractivity contribution in [1.29, 1.82) is 0 Å². The van der Waals surface area contributed by atoms with Crippen LogP contribution >= 0.6 is 0 Å². The van der Waals surface area contributed by atoms with Crippen LogP contribution in [0.15, 0.2) is 59.8 Å². The summed E-state index contributed by atoms with van der Waals surface area (Å²) in [6.45, 7) is 0. The van der Waals surface area contributed by atoms with Crippen LogP contribution in [0.4, 0.5) is 10.2 Å². The highest BCUT2D eigenvalue weighted by atomic mass is 32.2. The van der Waals surface area contributed by atoms with Gasteiger partial charge in [-0.3, -0.25) is 4.72 Å². The minimum Gasteiger partial charge on any atom is -0.305 e. The lowest BCUT2D eigenvalue weighted by atomic mass is 10.4. The molecule has 3 rings (SSSR count). The van der Waals surface area contributed by atoms with Crippen LogP contribution in [-0.2, 0) is 10.0 Å². The van der Waals surface area contributed by atoms with Crippen molar-refractivity contribution in [3.63, 3.8) is 0 Å². The van der Waals surface area contributed by atoms with Crippen molar-refractivity contribution in [3.8, 4) is 0 Å². The minimum absolute atomic E-state index is 0.0176. The Morgan fingerprint density at radius 3 is 2.55 bits per heavy atom. The van der Waals surface area contributed by atoms with E-state index in [1.807, 2.05) is 6.07 Å². The first-order chi connectivity index (χ1) is 9.54. The summed E-state index contributed by atoms with van der Waals surface area (Å²) in [5, 5.41) is 0. The van der Waals surface area contributed by atoms with Gasteiger partial charge in [-0.25, -0.2) is 17.8 Å². The standard InChI is InChI=1S/C13H10FN3O2S/c14-10-4-6-11(7-5-10)20(18,19)16-12-9-17-8-2-1-3-13(17)15-12/h1-9,16H. The average molecular weight is 291 g/mol. The van der Waals surface area contributed by atoms with Gasteiger partial charge in [-0.15, -0.1) is 0 Å². The third-order valence-electron chi connectivity index (χ3n) is 2.73. The molecule has 0 aliphatic rings. The van der Waals surface area contributed by atoms with Gasteiger partial charge >= 0.3 is 0 Å². The molecule has 0 atom stereocenters. The van der Waals surface area contributed by atoms with Gasteiger partial charge in [-0.2, -0.15) is 0 Å². The van der Waals surface area contributed by atoms with Crippen LogP contribution in [0.2, 0.25) is 0 Å². The topological polar surface area (TPSA) is 63.5 Å². The van der Waals surface area contributed by atoms with Crippen LogP contribution in [0.1, 0.15) is 0 Å². The summed E-state index contributed by atoms with van der Waals surface area (Å²) in [4.78, 5) is 4.12. The summed E-state index contributed by atoms with van der Waals surface area (Å²) >= 11 is 0. The first kappa shape index (κ1) is 12.6. The summed E-state index contributed by atoms with van der Waals surface area (Å²) in [6, 6.07) is 9.97. The quantitative estimate of drug-likeness (QED) is 0.805. The molecule has 0 saturated carbocycles. The number of halogens is 1. The van der Waals surface area contributed by atoms with Gasteiger partial charge < -0.3 is 4.40 Å². The van der Waals surface area contributed by atoms with E-state index in [0.717, 1.165) is 12.1 Å². The summed E-state index contributed by atoms with van der Waals surface area (Å²) < 4.78 is 41.1. The molecule has 1 N–H and O–H groups in total. The predicted molar refractivity (Wildman–Crippen MR) is 72.4 cm³/mol. The molecule has 3 aromatic rings. The Bertz CT molecular complexity index is 824. The van der Waals surface area contributed by atoms with Crippen LogP contribution < -0.4 is 4.72 Å². The normalized spacial score (nSPS) is 11.7. The lowest BCUT2D eigenvalue weighted by molar-refractivity contribution is 0.599. The van der Waals surface area contributed by atoms with E-state index in [0.29, 0.717) is 5.65 Å². The second-order valence-corrected chi connectivity index (χ2v) is 5.83. The molecular weight excluding hydrogens is 281 g/mol. The number of sulfonamides is 1. The number of imidazole rings is 1. The van der Waals surface area contributed by atoms with Gasteiger partial charge in [0, 0.05) is 6.20 Å². The van der Waals surface area contributed by atoms with E-state index in [-0.39, 0.29) is 10.7 Å². The van der Waals surface area contributed by atoms with Gasteiger partial charge in [0.15, 0.2) is 5.82 Å². The number of hydrogen-bond donors (Lipinski definition) is 1. The molecule has 0 aliphatic heterocycles. The molecule has 5 nitrogen and oxygen atoms in total. The van der Waals surface area contributed by atoms with Crippen molar-refractivity contribution in [2.45, 2.75) is 4.90 Å². The molecule has 2 heterocycles. The van der Waals surface area contributed by atoms with Crippen LogP contribution in [0.25, 0.3) is 5.65 Å². The summed E-state index contributed by atoms with van der Waals surface area (Å²) in [5.74, 6) is -0.280. The first-order valence-electron chi connectivity index (χ1n) is 5.77. The van der Waals surface area contributed by atoms with Gasteiger partial charge in [0.05, 0.1) is 11.1 Å². The molecule has 0 aliphatic carbocycles. The lowest BCUT2D eigenvalue weighted by Gasteiger charge is -2.04. The molecule has 0 unspecified atom stereocenters. The number of pyridine rings is 1. The van der Waals surface area contributed by atoms with Gasteiger partial charge in [-0.1, -0.05) is 6.07 Å². The van der Waals surface area contributed by atoms with Crippen LogP contribution in [0.3, 0.4) is 0 Å². The van der Waals surface area contributed by atoms with Crippen molar-refractivity contribution in [2.24, 2.45) is 0 Å². The molecule has 0 radical (unpaired) electrons. The summed E-state index contributed by atoms with van der Waals surface area (Å²) in [6.07, 6.45) is 3.33. The summed E-state index contributed by atoms with van der Waals surface area (Å²) in [7, 11) is -3.77. The maximum atomic E-state index is 12.8. The number of benzene rings is 1. The fraction of sp³-hybridized carbons (Fsp3) is 0. The zero-order valence-corrected chi connectivity index (χ0v) is 11.0. The predicted octanol–water partition coefficient (Wildman–Crippen LogP) is 2.27. The Kier molecular flexibility index (Phi) is 2.90. The zero-order valence-electron chi connectivity index (χ0n) is 10.2. The molecule has 7 heteroatoms. The van der Waals surface area contributed by atoms with Crippen molar-refractivity contribution in [1.82, 2.24) is 9.38 Å². The third kappa shape index (κ3) is 2.35. The Morgan fingerprint density at radius 2 is 1.85 bits per heavy atom. The second kappa shape index (κ2) is 4.61. The highest BCUT2D eigenvalue weighted by Gasteiger charge is 2.15. The maximum absolute atomic E-state index is 12.8. The molecule has 0 amide bonds. The second-order valence-electron chi connectivity index (χ2n) is 4.15. The van der Waals surface area contributed by atoms with Crippen LogP contribution in [0.5, 0.6) is 0 Å². The Hall–Kier alpha value is -2.41. The monoisotopic (exact) mass is 291 g/mol. The number of nitrogens with zero attached hydrogens (tertiary/aromatic N) is 2. The third-order valence-corrected chi connectivity index (χ3v) is 4.10. The fourth-order valence-corrected chi connectivity index (χ4v) is 2.78. The van der Waals surface area contributed by atoms with E-state index in [1.165, 1.54) is 12.1 Å². The van der Waals surface area contributed by atoms with Crippen molar-refractivity contribution < 1.29 is 12.8 Å². The molecule has 2 aromatic heterocycles. The number of fused-ring (bicyclic) bond motifs is 1. The molecule has 0 saturated heterocycles. The maximum Gasteiger partial charge on any atom is 0.263 e. The molecule has 0 bridgehead atoms. The molecule has 0 spiro atoms. The molecule has 0 fully saturated rings. The van der Waals surface area contributed by atoms with E-state index < -0.39 is 15.8 Å². The Balaban J connectivity index is 1.94. The van der Waals surface area contributed by atoms with Crippen molar-refractivity contribution in [3.05, 3.63) is 60.7 Å². The highest BCUT2D eigenvalue weighted by molar-refractivity contribution is 7.92. The SMILES string of the molecule is O=S(=O)(Nc1cn2ccccc2n1)c1ccc(F)cc1. The fourth-order valence-electron chi connectivity index (χ4n) is 1.79. The smallest absolute Gasteiger partial charge is 0.263 e. The van der Waals surface area contributed by atoms with E-state index in [9.17, 15) is 12.8 Å². The number of hydrogen-bond acceptors (Lipinski definition) is 3. The number of aromatic nitrogens is 2. The van der Waals surface area contributed by atoms with Crippen molar-refractivity contribution in [2.75, 3.05) is 4.72 Å². The highest BCUT2D eigenvalue weighted by Crippen LogP contribution is 2.16. The minimum atomic E-state index is -3.77. The molecular formula is C13H10FN3O2S. The Labute approximate surface area is 114 Å².